The maximum absolute atomic E-state index is 11.7. The van der Waals surface area contributed by atoms with Gasteiger partial charge < -0.3 is 0 Å². The molecule has 0 saturated carbocycles. The molecule has 0 aliphatic rings. The molecule has 0 amide bonds. The third kappa shape index (κ3) is 2.24. The number of primary sulfonamides is 1. The van der Waals surface area contributed by atoms with Gasteiger partial charge in [-0.1, -0.05) is 24.3 Å². The van der Waals surface area contributed by atoms with E-state index in [9.17, 15) is 8.42 Å². The van der Waals surface area contributed by atoms with E-state index in [2.05, 4.69) is 10.2 Å². The van der Waals surface area contributed by atoms with Crippen molar-refractivity contribution in [1.82, 2.24) is 14.8 Å². The molecule has 20 heavy (non-hydrogen) atoms. The second kappa shape index (κ2) is 4.82. The molecule has 2 heterocycles. The quantitative estimate of drug-likeness (QED) is 0.796. The lowest BCUT2D eigenvalue weighted by atomic mass is 10.3. The zero-order chi connectivity index (χ0) is 14.2. The Bertz CT molecular complexity index is 824. The molecular formula is C12H10N4O2S2. The summed E-state index contributed by atoms with van der Waals surface area (Å²) in [6.07, 6.45) is 0. The maximum Gasteiger partial charge on any atom is 0.274 e. The van der Waals surface area contributed by atoms with Gasteiger partial charge in [0.05, 0.1) is 4.88 Å². The topological polar surface area (TPSA) is 90.9 Å². The molecule has 1 aromatic carbocycles. The van der Waals surface area contributed by atoms with Crippen molar-refractivity contribution in [3.05, 3.63) is 47.8 Å². The Balaban J connectivity index is 2.31. The second-order valence-electron chi connectivity index (χ2n) is 4.00. The Morgan fingerprint density at radius 2 is 1.80 bits per heavy atom. The fourth-order valence-corrected chi connectivity index (χ4v) is 3.13. The zero-order valence-electron chi connectivity index (χ0n) is 10.2. The minimum absolute atomic E-state index is 0.271. The van der Waals surface area contributed by atoms with E-state index in [0.717, 1.165) is 4.88 Å². The highest BCUT2D eigenvalue weighted by atomic mass is 32.2. The number of para-hydroxylation sites is 1. The first kappa shape index (κ1) is 13.0. The van der Waals surface area contributed by atoms with Gasteiger partial charge in [-0.25, -0.2) is 13.6 Å². The summed E-state index contributed by atoms with van der Waals surface area (Å²) in [7, 11) is -3.96. The number of aromatic nitrogens is 3. The summed E-state index contributed by atoms with van der Waals surface area (Å²) in [5.74, 6) is 0.454. The van der Waals surface area contributed by atoms with Crippen LogP contribution in [0.2, 0.25) is 0 Å². The third-order valence-corrected chi connectivity index (χ3v) is 4.28. The predicted molar refractivity (Wildman–Crippen MR) is 76.0 cm³/mol. The first-order chi connectivity index (χ1) is 9.57. The minimum Gasteiger partial charge on any atom is -0.264 e. The summed E-state index contributed by atoms with van der Waals surface area (Å²) in [6, 6.07) is 12.7. The summed E-state index contributed by atoms with van der Waals surface area (Å²) in [6.45, 7) is 0. The van der Waals surface area contributed by atoms with E-state index in [4.69, 9.17) is 5.14 Å². The number of hydrogen-bond donors (Lipinski definition) is 1. The van der Waals surface area contributed by atoms with Crippen LogP contribution in [0.25, 0.3) is 16.4 Å². The molecule has 0 radical (unpaired) electrons. The smallest absolute Gasteiger partial charge is 0.264 e. The molecule has 8 heteroatoms. The van der Waals surface area contributed by atoms with Crippen molar-refractivity contribution in [2.75, 3.05) is 0 Å². The van der Waals surface area contributed by atoms with Gasteiger partial charge >= 0.3 is 0 Å². The van der Waals surface area contributed by atoms with E-state index in [0.29, 0.717) is 11.5 Å². The van der Waals surface area contributed by atoms with Gasteiger partial charge in [-0.2, -0.15) is 0 Å². The number of nitrogens with two attached hydrogens (primary N) is 1. The summed E-state index contributed by atoms with van der Waals surface area (Å²) >= 11 is 1.45. The van der Waals surface area contributed by atoms with Crippen LogP contribution < -0.4 is 5.14 Å². The summed E-state index contributed by atoms with van der Waals surface area (Å²) < 4.78 is 24.8. The molecule has 0 unspecified atom stereocenters. The third-order valence-electron chi connectivity index (χ3n) is 2.64. The van der Waals surface area contributed by atoms with Crippen molar-refractivity contribution in [3.63, 3.8) is 0 Å². The number of benzene rings is 1. The van der Waals surface area contributed by atoms with Gasteiger partial charge in [0.1, 0.15) is 0 Å². The average Bonchev–Trinajstić information content (AvgIpc) is 3.07. The number of sulfonamides is 1. The monoisotopic (exact) mass is 306 g/mol. The van der Waals surface area contributed by atoms with Crippen LogP contribution in [0.4, 0.5) is 0 Å². The number of rotatable bonds is 3. The molecular weight excluding hydrogens is 296 g/mol. The number of thiophene rings is 1. The maximum atomic E-state index is 11.7. The lowest BCUT2D eigenvalue weighted by Gasteiger charge is -2.07. The van der Waals surface area contributed by atoms with Crippen molar-refractivity contribution >= 4 is 21.4 Å². The van der Waals surface area contributed by atoms with Crippen LogP contribution in [-0.2, 0) is 10.0 Å². The summed E-state index contributed by atoms with van der Waals surface area (Å²) in [4.78, 5) is 0.816. The van der Waals surface area contributed by atoms with Crippen molar-refractivity contribution in [3.8, 4) is 16.4 Å². The van der Waals surface area contributed by atoms with Gasteiger partial charge in [0.25, 0.3) is 15.2 Å². The SMILES string of the molecule is NS(=O)(=O)c1nnc(-c2cccs2)n1-c1ccccc1. The first-order valence-electron chi connectivity index (χ1n) is 5.65. The van der Waals surface area contributed by atoms with E-state index in [1.165, 1.54) is 15.9 Å². The molecule has 0 spiro atoms. The van der Waals surface area contributed by atoms with Crippen LogP contribution in [0.5, 0.6) is 0 Å². The molecule has 0 saturated heterocycles. The van der Waals surface area contributed by atoms with Crippen molar-refractivity contribution < 1.29 is 8.42 Å². The largest absolute Gasteiger partial charge is 0.274 e. The normalized spacial score (nSPS) is 11.7. The van der Waals surface area contributed by atoms with Crippen molar-refractivity contribution in [2.24, 2.45) is 5.14 Å². The highest BCUT2D eigenvalue weighted by Gasteiger charge is 2.23. The average molecular weight is 306 g/mol. The Morgan fingerprint density at radius 3 is 2.40 bits per heavy atom. The van der Waals surface area contributed by atoms with E-state index in [1.807, 2.05) is 23.6 Å². The Labute approximate surface area is 119 Å². The molecule has 2 N–H and O–H groups in total. The Morgan fingerprint density at radius 1 is 1.05 bits per heavy atom. The first-order valence-corrected chi connectivity index (χ1v) is 8.07. The molecule has 3 rings (SSSR count). The van der Waals surface area contributed by atoms with Crippen LogP contribution in [0, 0.1) is 0 Å². The van der Waals surface area contributed by atoms with Crippen LogP contribution in [0.1, 0.15) is 0 Å². The molecule has 2 aromatic heterocycles. The van der Waals surface area contributed by atoms with E-state index >= 15 is 0 Å². The van der Waals surface area contributed by atoms with Crippen LogP contribution >= 0.6 is 11.3 Å². The van der Waals surface area contributed by atoms with Crippen molar-refractivity contribution in [1.29, 1.82) is 0 Å². The fourth-order valence-electron chi connectivity index (χ4n) is 1.83. The molecule has 3 aromatic rings. The van der Waals surface area contributed by atoms with Gasteiger partial charge in [0.15, 0.2) is 5.82 Å². The van der Waals surface area contributed by atoms with Gasteiger partial charge in [0, 0.05) is 5.69 Å². The summed E-state index contributed by atoms with van der Waals surface area (Å²) in [5.41, 5.74) is 0.643. The lowest BCUT2D eigenvalue weighted by molar-refractivity contribution is 0.585. The highest BCUT2D eigenvalue weighted by molar-refractivity contribution is 7.89. The van der Waals surface area contributed by atoms with Crippen LogP contribution in [0.15, 0.2) is 53.0 Å². The van der Waals surface area contributed by atoms with E-state index in [1.54, 1.807) is 24.3 Å². The van der Waals surface area contributed by atoms with E-state index < -0.39 is 10.0 Å². The minimum atomic E-state index is -3.96. The van der Waals surface area contributed by atoms with Gasteiger partial charge in [-0.15, -0.1) is 21.5 Å². The van der Waals surface area contributed by atoms with Crippen LogP contribution in [-0.4, -0.2) is 23.2 Å². The van der Waals surface area contributed by atoms with Crippen LogP contribution in [0.3, 0.4) is 0 Å². The van der Waals surface area contributed by atoms with Gasteiger partial charge in [0.2, 0.25) is 0 Å². The predicted octanol–water partition coefficient (Wildman–Crippen LogP) is 1.64. The van der Waals surface area contributed by atoms with E-state index in [-0.39, 0.29) is 5.16 Å². The lowest BCUT2D eigenvalue weighted by Crippen LogP contribution is -2.18. The number of nitrogens with zero attached hydrogens (tertiary/aromatic N) is 3. The zero-order valence-corrected chi connectivity index (χ0v) is 11.8. The standard InChI is InChI=1S/C12H10N4O2S2/c13-20(17,18)12-15-14-11(10-7-4-8-19-10)16(12)9-5-2-1-3-6-9/h1-8H,(H2,13,17,18). The molecule has 0 atom stereocenters. The molecule has 0 aliphatic heterocycles. The second-order valence-corrected chi connectivity index (χ2v) is 6.40. The molecule has 6 nitrogen and oxygen atoms in total. The molecule has 0 aliphatic carbocycles. The van der Waals surface area contributed by atoms with Crippen molar-refractivity contribution in [2.45, 2.75) is 5.16 Å². The molecule has 0 fully saturated rings. The molecule has 0 bridgehead atoms. The fraction of sp³-hybridized carbons (Fsp3) is 0. The van der Waals surface area contributed by atoms with Gasteiger partial charge in [-0.3, -0.25) is 4.57 Å². The highest BCUT2D eigenvalue weighted by Crippen LogP contribution is 2.27. The summed E-state index contributed by atoms with van der Waals surface area (Å²) in [5, 5.41) is 14.5. The Kier molecular flexibility index (Phi) is 3.13. The van der Waals surface area contributed by atoms with Gasteiger partial charge in [-0.05, 0) is 23.6 Å². The molecule has 102 valence electrons. The Hall–Kier alpha value is -2.03. The number of hydrogen-bond acceptors (Lipinski definition) is 5.